The maximum atomic E-state index is 12.9. The number of rotatable bonds is 4. The Kier molecular flexibility index (Phi) is 3.84. The van der Waals surface area contributed by atoms with Gasteiger partial charge in [-0.25, -0.2) is 0 Å². The minimum absolute atomic E-state index is 0.126. The number of hydrogen-bond acceptors (Lipinski definition) is 4. The van der Waals surface area contributed by atoms with Crippen LogP contribution in [0.1, 0.15) is 18.0 Å². The number of fused-ring (bicyclic) bond motifs is 1. The summed E-state index contributed by atoms with van der Waals surface area (Å²) in [6.45, 7) is 3.82. The fraction of sp³-hybridized carbons (Fsp3) is 0.571. The summed E-state index contributed by atoms with van der Waals surface area (Å²) in [4.78, 5) is 2.34. The van der Waals surface area contributed by atoms with E-state index in [1.54, 1.807) is 0 Å². The standard InChI is InChI=1S/C14H19FN2O2/c15-4-3-12(17-7-5-16-6-8-17)11-1-2-13-14(9-11)19-10-18-13/h1-2,9,12,16H,3-8,10H2/t12-/m0/s1. The smallest absolute Gasteiger partial charge is 0.231 e. The van der Waals surface area contributed by atoms with Crippen molar-refractivity contribution in [2.24, 2.45) is 0 Å². The molecule has 3 rings (SSSR count). The summed E-state index contributed by atoms with van der Waals surface area (Å²) in [5.74, 6) is 1.56. The monoisotopic (exact) mass is 266 g/mol. The van der Waals surface area contributed by atoms with Crippen molar-refractivity contribution in [3.8, 4) is 11.5 Å². The molecule has 0 saturated carbocycles. The van der Waals surface area contributed by atoms with Crippen molar-refractivity contribution in [2.75, 3.05) is 39.6 Å². The summed E-state index contributed by atoms with van der Waals surface area (Å²) in [7, 11) is 0. The molecule has 19 heavy (non-hydrogen) atoms. The van der Waals surface area contributed by atoms with E-state index in [-0.39, 0.29) is 19.5 Å². The minimum atomic E-state index is -0.303. The molecule has 0 radical (unpaired) electrons. The lowest BCUT2D eigenvalue weighted by Crippen LogP contribution is -2.45. The predicted octanol–water partition coefficient (Wildman–Crippen LogP) is 1.72. The van der Waals surface area contributed by atoms with Gasteiger partial charge in [0.05, 0.1) is 6.67 Å². The minimum Gasteiger partial charge on any atom is -0.454 e. The van der Waals surface area contributed by atoms with Gasteiger partial charge in [0.1, 0.15) is 0 Å². The van der Waals surface area contributed by atoms with Crippen LogP contribution < -0.4 is 14.8 Å². The van der Waals surface area contributed by atoms with Gasteiger partial charge in [-0.1, -0.05) is 6.07 Å². The van der Waals surface area contributed by atoms with Gasteiger partial charge in [0, 0.05) is 32.2 Å². The first-order valence-electron chi connectivity index (χ1n) is 6.79. The first-order chi connectivity index (χ1) is 9.38. The van der Waals surface area contributed by atoms with Crippen LogP contribution in [0, 0.1) is 0 Å². The van der Waals surface area contributed by atoms with Crippen LogP contribution in [-0.4, -0.2) is 44.5 Å². The number of halogens is 1. The van der Waals surface area contributed by atoms with Gasteiger partial charge in [0.25, 0.3) is 0 Å². The Bertz CT molecular complexity index is 435. The summed E-state index contributed by atoms with van der Waals surface area (Å²) in [5.41, 5.74) is 1.11. The van der Waals surface area contributed by atoms with E-state index in [9.17, 15) is 4.39 Å². The summed E-state index contributed by atoms with van der Waals surface area (Å²) in [5, 5.41) is 3.32. The van der Waals surface area contributed by atoms with Gasteiger partial charge < -0.3 is 14.8 Å². The average Bonchev–Trinajstić information content (AvgIpc) is 2.93. The SMILES string of the molecule is FCC[C@@H](c1ccc2c(c1)OCO2)N1CCNCC1. The van der Waals surface area contributed by atoms with Crippen molar-refractivity contribution in [3.05, 3.63) is 23.8 Å². The number of nitrogens with zero attached hydrogens (tertiary/aromatic N) is 1. The molecular formula is C14H19FN2O2. The summed E-state index contributed by atoms with van der Waals surface area (Å²) >= 11 is 0. The van der Waals surface area contributed by atoms with Crippen LogP contribution in [0.3, 0.4) is 0 Å². The molecule has 0 unspecified atom stereocenters. The van der Waals surface area contributed by atoms with E-state index < -0.39 is 0 Å². The molecule has 1 fully saturated rings. The Morgan fingerprint density at radius 1 is 1.21 bits per heavy atom. The maximum Gasteiger partial charge on any atom is 0.231 e. The second-order valence-corrected chi connectivity index (χ2v) is 4.89. The van der Waals surface area contributed by atoms with Crippen LogP contribution in [0.25, 0.3) is 0 Å². The Morgan fingerprint density at radius 3 is 2.79 bits per heavy atom. The molecular weight excluding hydrogens is 247 g/mol. The van der Waals surface area contributed by atoms with Crippen LogP contribution in [0.15, 0.2) is 18.2 Å². The zero-order chi connectivity index (χ0) is 13.1. The highest BCUT2D eigenvalue weighted by atomic mass is 19.1. The number of ether oxygens (including phenoxy) is 2. The highest BCUT2D eigenvalue weighted by molar-refractivity contribution is 5.45. The third kappa shape index (κ3) is 2.67. The highest BCUT2D eigenvalue weighted by Crippen LogP contribution is 2.36. The van der Waals surface area contributed by atoms with E-state index in [2.05, 4.69) is 10.2 Å². The molecule has 0 aliphatic carbocycles. The largest absolute Gasteiger partial charge is 0.454 e. The molecule has 1 saturated heterocycles. The zero-order valence-electron chi connectivity index (χ0n) is 10.9. The molecule has 0 amide bonds. The molecule has 1 atom stereocenters. The van der Waals surface area contributed by atoms with Gasteiger partial charge in [-0.15, -0.1) is 0 Å². The zero-order valence-corrected chi connectivity index (χ0v) is 10.9. The van der Waals surface area contributed by atoms with Gasteiger partial charge in [0.15, 0.2) is 11.5 Å². The molecule has 2 aliphatic rings. The Labute approximate surface area is 112 Å². The van der Waals surface area contributed by atoms with Crippen molar-refractivity contribution < 1.29 is 13.9 Å². The van der Waals surface area contributed by atoms with E-state index in [0.29, 0.717) is 6.42 Å². The molecule has 5 heteroatoms. The van der Waals surface area contributed by atoms with Crippen LogP contribution >= 0.6 is 0 Å². The van der Waals surface area contributed by atoms with E-state index in [0.717, 1.165) is 43.2 Å². The summed E-state index contributed by atoms with van der Waals surface area (Å²) < 4.78 is 23.6. The predicted molar refractivity (Wildman–Crippen MR) is 70.3 cm³/mol. The second-order valence-electron chi connectivity index (χ2n) is 4.89. The van der Waals surface area contributed by atoms with Crippen molar-refractivity contribution in [1.29, 1.82) is 0 Å². The fourth-order valence-corrected chi connectivity index (χ4v) is 2.78. The molecule has 0 aromatic heterocycles. The topological polar surface area (TPSA) is 33.7 Å². The normalized spacial score (nSPS) is 20.5. The lowest BCUT2D eigenvalue weighted by molar-refractivity contribution is 0.157. The number of hydrogen-bond donors (Lipinski definition) is 1. The number of alkyl halides is 1. The van der Waals surface area contributed by atoms with Crippen LogP contribution in [0.5, 0.6) is 11.5 Å². The number of nitrogens with one attached hydrogen (secondary N) is 1. The maximum absolute atomic E-state index is 12.9. The average molecular weight is 266 g/mol. The van der Waals surface area contributed by atoms with Crippen molar-refractivity contribution in [1.82, 2.24) is 10.2 Å². The first-order valence-corrected chi connectivity index (χ1v) is 6.79. The molecule has 1 aromatic carbocycles. The van der Waals surface area contributed by atoms with Gasteiger partial charge in [0.2, 0.25) is 6.79 Å². The number of piperazine rings is 1. The molecule has 104 valence electrons. The third-order valence-corrected chi connectivity index (χ3v) is 3.76. The Morgan fingerprint density at radius 2 is 2.00 bits per heavy atom. The highest BCUT2D eigenvalue weighted by Gasteiger charge is 2.24. The molecule has 0 bridgehead atoms. The third-order valence-electron chi connectivity index (χ3n) is 3.76. The van der Waals surface area contributed by atoms with E-state index in [1.807, 2.05) is 18.2 Å². The Balaban J connectivity index is 1.82. The number of benzene rings is 1. The fourth-order valence-electron chi connectivity index (χ4n) is 2.78. The summed E-state index contributed by atoms with van der Waals surface area (Å²) in [6.07, 6.45) is 0.527. The lowest BCUT2D eigenvalue weighted by Gasteiger charge is -2.35. The molecule has 4 nitrogen and oxygen atoms in total. The molecule has 1 N–H and O–H groups in total. The van der Waals surface area contributed by atoms with Crippen molar-refractivity contribution in [3.63, 3.8) is 0 Å². The molecule has 0 spiro atoms. The Hall–Kier alpha value is -1.33. The van der Waals surface area contributed by atoms with E-state index in [1.165, 1.54) is 0 Å². The van der Waals surface area contributed by atoms with Gasteiger partial charge in [-0.2, -0.15) is 0 Å². The van der Waals surface area contributed by atoms with Crippen molar-refractivity contribution in [2.45, 2.75) is 12.5 Å². The quantitative estimate of drug-likeness (QED) is 0.899. The lowest BCUT2D eigenvalue weighted by atomic mass is 10.0. The van der Waals surface area contributed by atoms with E-state index in [4.69, 9.17) is 9.47 Å². The molecule has 1 aromatic rings. The second kappa shape index (κ2) is 5.75. The van der Waals surface area contributed by atoms with Gasteiger partial charge in [-0.05, 0) is 24.1 Å². The van der Waals surface area contributed by atoms with Gasteiger partial charge >= 0.3 is 0 Å². The van der Waals surface area contributed by atoms with E-state index >= 15 is 0 Å². The van der Waals surface area contributed by atoms with Crippen molar-refractivity contribution >= 4 is 0 Å². The molecule has 2 heterocycles. The van der Waals surface area contributed by atoms with Crippen LogP contribution in [0.2, 0.25) is 0 Å². The van der Waals surface area contributed by atoms with Gasteiger partial charge in [-0.3, -0.25) is 9.29 Å². The van der Waals surface area contributed by atoms with Crippen LogP contribution in [0.4, 0.5) is 4.39 Å². The van der Waals surface area contributed by atoms with Crippen LogP contribution in [-0.2, 0) is 0 Å². The first kappa shape index (κ1) is 12.7. The summed E-state index contributed by atoms with van der Waals surface area (Å²) in [6, 6.07) is 6.06. The molecule has 2 aliphatic heterocycles.